The number of sulfonamides is 1. The molecule has 2 heterocycles. The molecule has 5 nitrogen and oxygen atoms in total. The predicted molar refractivity (Wildman–Crippen MR) is 82.4 cm³/mol. The Kier molecular flexibility index (Phi) is 5.24. The second kappa shape index (κ2) is 6.77. The number of nitrogens with zero attached hydrogens (tertiary/aromatic N) is 1. The van der Waals surface area contributed by atoms with Crippen LogP contribution in [0.3, 0.4) is 0 Å². The molecule has 1 aromatic heterocycles. The molecule has 0 bridgehead atoms. The lowest BCUT2D eigenvalue weighted by Gasteiger charge is -2.23. The summed E-state index contributed by atoms with van der Waals surface area (Å²) in [6.07, 6.45) is 2.73. The van der Waals surface area contributed by atoms with Crippen LogP contribution in [0.25, 0.3) is 0 Å². The van der Waals surface area contributed by atoms with Crippen LogP contribution in [-0.4, -0.2) is 32.4 Å². The van der Waals surface area contributed by atoms with Crippen molar-refractivity contribution in [1.82, 2.24) is 9.62 Å². The maximum Gasteiger partial charge on any atom is 0.276 e. The summed E-state index contributed by atoms with van der Waals surface area (Å²) in [5.41, 5.74) is 1.24. The Morgan fingerprint density at radius 1 is 1.38 bits per heavy atom. The van der Waals surface area contributed by atoms with E-state index in [4.69, 9.17) is 4.42 Å². The van der Waals surface area contributed by atoms with Crippen molar-refractivity contribution in [2.24, 2.45) is 5.92 Å². The van der Waals surface area contributed by atoms with Gasteiger partial charge in [0.25, 0.3) is 10.0 Å². The Bertz CT molecular complexity index is 602. The largest absolute Gasteiger partial charge is 0.447 e. The second-order valence-corrected chi connectivity index (χ2v) is 7.78. The Balaban J connectivity index is 2.02. The Morgan fingerprint density at radius 3 is 2.76 bits per heavy atom. The zero-order chi connectivity index (χ0) is 15.5. The predicted octanol–water partition coefficient (Wildman–Crippen LogP) is 2.37. The van der Waals surface area contributed by atoms with Crippen LogP contribution in [0.15, 0.2) is 33.3 Å². The topological polar surface area (TPSA) is 62.6 Å². The second-order valence-electron chi connectivity index (χ2n) is 5.91. The van der Waals surface area contributed by atoms with Crippen molar-refractivity contribution in [3.05, 3.63) is 29.5 Å². The first kappa shape index (κ1) is 16.3. The zero-order valence-electron chi connectivity index (χ0n) is 12.9. The molecular weight excluding hydrogens is 288 g/mol. The first-order chi connectivity index (χ1) is 9.89. The monoisotopic (exact) mass is 312 g/mol. The third-order valence-corrected chi connectivity index (χ3v) is 5.22. The Hall–Kier alpha value is -1.11. The normalized spacial score (nSPS) is 17.2. The zero-order valence-corrected chi connectivity index (χ0v) is 13.7. The molecule has 118 valence electrons. The Morgan fingerprint density at radius 2 is 2.14 bits per heavy atom. The highest BCUT2D eigenvalue weighted by Crippen LogP contribution is 2.22. The van der Waals surface area contributed by atoms with Crippen molar-refractivity contribution in [3.63, 3.8) is 0 Å². The van der Waals surface area contributed by atoms with Crippen LogP contribution in [-0.2, 0) is 16.6 Å². The molecule has 0 aromatic carbocycles. The van der Waals surface area contributed by atoms with Crippen molar-refractivity contribution in [1.29, 1.82) is 0 Å². The van der Waals surface area contributed by atoms with E-state index in [9.17, 15) is 8.42 Å². The molecule has 0 radical (unpaired) electrons. The summed E-state index contributed by atoms with van der Waals surface area (Å²) < 4.78 is 31.9. The first-order valence-corrected chi connectivity index (χ1v) is 8.79. The first-order valence-electron chi connectivity index (χ1n) is 7.35. The highest BCUT2D eigenvalue weighted by Gasteiger charge is 2.28. The Labute approximate surface area is 127 Å². The van der Waals surface area contributed by atoms with Crippen LogP contribution < -0.4 is 5.32 Å². The van der Waals surface area contributed by atoms with Crippen LogP contribution in [0.2, 0.25) is 0 Å². The van der Waals surface area contributed by atoms with Gasteiger partial charge in [-0.05, 0) is 37.9 Å². The molecule has 1 aliphatic heterocycles. The van der Waals surface area contributed by atoms with E-state index < -0.39 is 10.0 Å². The van der Waals surface area contributed by atoms with Crippen molar-refractivity contribution in [3.8, 4) is 0 Å². The van der Waals surface area contributed by atoms with E-state index in [0.29, 0.717) is 31.3 Å². The van der Waals surface area contributed by atoms with Crippen LogP contribution in [0.4, 0.5) is 0 Å². The van der Waals surface area contributed by atoms with Gasteiger partial charge in [-0.15, -0.1) is 0 Å². The van der Waals surface area contributed by atoms with Gasteiger partial charge in [-0.1, -0.05) is 25.5 Å². The number of nitrogens with one attached hydrogen (secondary N) is 1. The average Bonchev–Trinajstić information content (AvgIpc) is 2.88. The van der Waals surface area contributed by atoms with Gasteiger partial charge in [0, 0.05) is 13.1 Å². The quantitative estimate of drug-likeness (QED) is 0.819. The summed E-state index contributed by atoms with van der Waals surface area (Å²) in [6, 6.07) is 3.28. The van der Waals surface area contributed by atoms with Gasteiger partial charge in [0.15, 0.2) is 0 Å². The van der Waals surface area contributed by atoms with Gasteiger partial charge in [0.05, 0.1) is 6.54 Å². The molecule has 0 amide bonds. The minimum absolute atomic E-state index is 0.0387. The van der Waals surface area contributed by atoms with E-state index in [0.717, 1.165) is 13.0 Å². The number of hydrogen-bond donors (Lipinski definition) is 1. The fourth-order valence-electron chi connectivity index (χ4n) is 2.17. The summed E-state index contributed by atoms with van der Waals surface area (Å²) in [6.45, 7) is 8.64. The summed E-state index contributed by atoms with van der Waals surface area (Å²) in [7, 11) is -3.51. The SMILES string of the molecule is CC1=CCN(S(=O)(=O)c2ccc(CNCC(C)C)o2)CC1. The van der Waals surface area contributed by atoms with Gasteiger partial charge < -0.3 is 9.73 Å². The lowest BCUT2D eigenvalue weighted by Crippen LogP contribution is -2.34. The standard InChI is InChI=1S/C15H24N2O3S/c1-12(2)10-16-11-14-4-5-15(20-14)21(18,19)17-8-6-13(3)7-9-17/h4-6,12,16H,7-11H2,1-3H3. The number of furan rings is 1. The fraction of sp³-hybridized carbons (Fsp3) is 0.600. The molecule has 1 aliphatic rings. The fourth-order valence-corrected chi connectivity index (χ4v) is 3.48. The van der Waals surface area contributed by atoms with Gasteiger partial charge >= 0.3 is 0 Å². The van der Waals surface area contributed by atoms with Crippen molar-refractivity contribution in [2.75, 3.05) is 19.6 Å². The van der Waals surface area contributed by atoms with Crippen LogP contribution in [0, 0.1) is 5.92 Å². The maximum atomic E-state index is 12.5. The molecule has 0 saturated carbocycles. The van der Waals surface area contributed by atoms with Crippen molar-refractivity contribution < 1.29 is 12.8 Å². The van der Waals surface area contributed by atoms with E-state index >= 15 is 0 Å². The van der Waals surface area contributed by atoms with Gasteiger partial charge in [-0.2, -0.15) is 4.31 Å². The summed E-state index contributed by atoms with van der Waals surface area (Å²) in [5, 5.41) is 3.28. The van der Waals surface area contributed by atoms with Crippen molar-refractivity contribution >= 4 is 10.0 Å². The van der Waals surface area contributed by atoms with Crippen LogP contribution >= 0.6 is 0 Å². The molecule has 2 rings (SSSR count). The molecular formula is C15H24N2O3S. The minimum atomic E-state index is -3.51. The molecule has 0 aliphatic carbocycles. The molecule has 1 N–H and O–H groups in total. The third kappa shape index (κ3) is 4.18. The van der Waals surface area contributed by atoms with E-state index in [-0.39, 0.29) is 5.09 Å². The van der Waals surface area contributed by atoms with Crippen molar-refractivity contribution in [2.45, 2.75) is 38.8 Å². The lowest BCUT2D eigenvalue weighted by atomic mass is 10.1. The number of rotatable bonds is 6. The van der Waals surface area contributed by atoms with E-state index in [1.165, 1.54) is 9.88 Å². The molecule has 0 unspecified atom stereocenters. The summed E-state index contributed by atoms with van der Waals surface area (Å²) in [5.74, 6) is 1.20. The van der Waals surface area contributed by atoms with Gasteiger partial charge in [-0.3, -0.25) is 0 Å². The maximum absolute atomic E-state index is 12.5. The summed E-state index contributed by atoms with van der Waals surface area (Å²) in [4.78, 5) is 0. The van der Waals surface area contributed by atoms with Crippen LogP contribution in [0.1, 0.15) is 33.0 Å². The molecule has 0 spiro atoms. The van der Waals surface area contributed by atoms with E-state index in [2.05, 4.69) is 19.2 Å². The molecule has 0 fully saturated rings. The van der Waals surface area contributed by atoms with Gasteiger partial charge in [0.2, 0.25) is 5.09 Å². The highest BCUT2D eigenvalue weighted by molar-refractivity contribution is 7.89. The van der Waals surface area contributed by atoms with E-state index in [1.54, 1.807) is 12.1 Å². The summed E-state index contributed by atoms with van der Waals surface area (Å²) >= 11 is 0. The molecule has 6 heteroatoms. The van der Waals surface area contributed by atoms with Crippen LogP contribution in [0.5, 0.6) is 0 Å². The van der Waals surface area contributed by atoms with Gasteiger partial charge in [-0.25, -0.2) is 8.42 Å². The lowest BCUT2D eigenvalue weighted by molar-refractivity contribution is 0.367. The minimum Gasteiger partial charge on any atom is -0.447 e. The molecule has 0 atom stereocenters. The van der Waals surface area contributed by atoms with Gasteiger partial charge in [0.1, 0.15) is 5.76 Å². The highest BCUT2D eigenvalue weighted by atomic mass is 32.2. The molecule has 21 heavy (non-hydrogen) atoms. The average molecular weight is 312 g/mol. The molecule has 1 aromatic rings. The molecule has 0 saturated heterocycles. The third-order valence-electron chi connectivity index (χ3n) is 3.48. The smallest absolute Gasteiger partial charge is 0.276 e. The number of hydrogen-bond acceptors (Lipinski definition) is 4. The van der Waals surface area contributed by atoms with E-state index in [1.807, 2.05) is 13.0 Å².